The van der Waals surface area contributed by atoms with E-state index >= 15 is 0 Å². The number of para-hydroxylation sites is 1. The number of nitrogens with two attached hydrogens (primary N) is 1. The molecule has 0 saturated heterocycles. The van der Waals surface area contributed by atoms with E-state index in [1.807, 2.05) is 55.5 Å². The van der Waals surface area contributed by atoms with Gasteiger partial charge in [-0.1, -0.05) is 96.7 Å². The zero-order valence-corrected chi connectivity index (χ0v) is 23.0. The first kappa shape index (κ1) is 31.5. The van der Waals surface area contributed by atoms with Gasteiger partial charge in [0.05, 0.1) is 4.90 Å². The van der Waals surface area contributed by atoms with Crippen LogP contribution in [0.2, 0.25) is 0 Å². The normalized spacial score (nSPS) is 10.9. The molecule has 3 rings (SSSR count). The van der Waals surface area contributed by atoms with Crippen LogP contribution in [-0.2, 0) is 14.9 Å². The number of nitrogen functional groups attached to an aromatic ring is 1. The summed E-state index contributed by atoms with van der Waals surface area (Å²) >= 11 is 16.4. The van der Waals surface area contributed by atoms with Gasteiger partial charge in [0.15, 0.2) is 0 Å². The topological polar surface area (TPSA) is 122 Å². The summed E-state index contributed by atoms with van der Waals surface area (Å²) in [5.74, 6) is 0.379. The second-order valence-electron chi connectivity index (χ2n) is 7.77. The van der Waals surface area contributed by atoms with Crippen LogP contribution >= 0.6 is 34.8 Å². The maximum absolute atomic E-state index is 11.4. The molecule has 3 aromatic rings. The monoisotopic (exact) mass is 573 g/mol. The first-order chi connectivity index (χ1) is 16.7. The first-order valence-corrected chi connectivity index (χ1v) is 13.1. The Hall–Kier alpha value is -2.49. The fourth-order valence-corrected chi connectivity index (χ4v) is 3.07. The van der Waals surface area contributed by atoms with Crippen LogP contribution in [0.1, 0.15) is 30.9 Å². The molecule has 0 aliphatic rings. The molecule has 0 aliphatic heterocycles. The minimum Gasteiger partial charge on any atom is -0.744 e. The summed E-state index contributed by atoms with van der Waals surface area (Å²) in [6.07, 6.45) is -0.651. The number of benzene rings is 3. The van der Waals surface area contributed by atoms with Crippen LogP contribution in [0.5, 0.6) is 0 Å². The number of rotatable bonds is 4. The molecular formula is C25H28Cl3N2O5S-. The van der Waals surface area contributed by atoms with E-state index in [2.05, 4.69) is 19.2 Å². The minimum atomic E-state index is -4.27. The van der Waals surface area contributed by atoms with Gasteiger partial charge in [-0.2, -0.15) is 0 Å². The van der Waals surface area contributed by atoms with Crippen molar-refractivity contribution in [2.24, 2.45) is 0 Å². The zero-order valence-electron chi connectivity index (χ0n) is 20.0. The number of carbonyl (C=O) groups is 1. The van der Waals surface area contributed by atoms with Gasteiger partial charge in [-0.15, -0.1) is 0 Å². The Morgan fingerprint density at radius 1 is 1.00 bits per heavy atom. The predicted molar refractivity (Wildman–Crippen MR) is 146 cm³/mol. The van der Waals surface area contributed by atoms with Gasteiger partial charge in [-0.25, -0.2) is 13.2 Å². The summed E-state index contributed by atoms with van der Waals surface area (Å²) in [6.45, 7) is 5.66. The van der Waals surface area contributed by atoms with Crippen molar-refractivity contribution in [3.8, 4) is 0 Å². The number of ether oxygens (including phenoxy) is 1. The second-order valence-corrected chi connectivity index (χ2v) is 11.7. The Kier molecular flexibility index (Phi) is 13.1. The van der Waals surface area contributed by atoms with Crippen LogP contribution in [0.3, 0.4) is 0 Å². The van der Waals surface area contributed by atoms with E-state index < -0.39 is 20.0 Å². The standard InChI is InChI=1S/C12H14Cl3NO2.C7H8O3S.C6H7N/c1-8(2)9-4-3-5-10(6-9)16-11(17)18-7-12(13,14)15;1-6-2-4-7(5-3-6)11(8,9)10;7-6-4-2-1-3-5-6/h3-6,8H,7H2,1-2H3,(H,16,17);2-5H,1H3,(H,8,9,10);1-5H,7H2/p-1. The molecule has 3 N–H and O–H groups in total. The molecule has 11 heteroatoms. The third kappa shape index (κ3) is 14.2. The van der Waals surface area contributed by atoms with Crippen molar-refractivity contribution in [1.29, 1.82) is 0 Å². The molecular weight excluding hydrogens is 547 g/mol. The van der Waals surface area contributed by atoms with Crippen LogP contribution in [-0.4, -0.2) is 29.5 Å². The summed E-state index contributed by atoms with van der Waals surface area (Å²) in [5.41, 5.74) is 8.88. The van der Waals surface area contributed by atoms with Crippen LogP contribution in [0.4, 0.5) is 16.2 Å². The molecule has 7 nitrogen and oxygen atoms in total. The van der Waals surface area contributed by atoms with Crippen molar-refractivity contribution in [3.05, 3.63) is 90.0 Å². The fourth-order valence-electron chi connectivity index (χ4n) is 2.43. The lowest BCUT2D eigenvalue weighted by Gasteiger charge is -2.13. The number of hydrogen-bond acceptors (Lipinski definition) is 6. The lowest BCUT2D eigenvalue weighted by atomic mass is 10.0. The van der Waals surface area contributed by atoms with E-state index in [1.54, 1.807) is 18.2 Å². The van der Waals surface area contributed by atoms with Gasteiger partial charge in [0.1, 0.15) is 16.7 Å². The molecule has 36 heavy (non-hydrogen) atoms. The highest BCUT2D eigenvalue weighted by Gasteiger charge is 2.22. The van der Waals surface area contributed by atoms with Crippen LogP contribution in [0, 0.1) is 6.92 Å². The molecule has 3 aromatic carbocycles. The Labute approximate surface area is 227 Å². The number of hydrogen-bond donors (Lipinski definition) is 2. The van der Waals surface area contributed by atoms with E-state index in [0.29, 0.717) is 11.6 Å². The highest BCUT2D eigenvalue weighted by molar-refractivity contribution is 7.85. The average molecular weight is 575 g/mol. The molecule has 0 radical (unpaired) electrons. The highest BCUT2D eigenvalue weighted by Crippen LogP contribution is 2.26. The Morgan fingerprint density at radius 2 is 1.58 bits per heavy atom. The lowest BCUT2D eigenvalue weighted by molar-refractivity contribution is 0.164. The molecule has 0 bridgehead atoms. The molecule has 0 unspecified atom stereocenters. The molecule has 0 saturated carbocycles. The van der Waals surface area contributed by atoms with Gasteiger partial charge in [0.25, 0.3) is 0 Å². The maximum Gasteiger partial charge on any atom is 0.411 e. The summed E-state index contributed by atoms with van der Waals surface area (Å²) in [4.78, 5) is 11.3. The van der Waals surface area contributed by atoms with Crippen molar-refractivity contribution in [3.63, 3.8) is 0 Å². The summed E-state index contributed by atoms with van der Waals surface area (Å²) in [5, 5.41) is 2.57. The van der Waals surface area contributed by atoms with Gasteiger partial charge in [0, 0.05) is 11.4 Å². The molecule has 1 amide bonds. The van der Waals surface area contributed by atoms with Crippen molar-refractivity contribution in [1.82, 2.24) is 0 Å². The molecule has 0 heterocycles. The van der Waals surface area contributed by atoms with Crippen molar-refractivity contribution >= 4 is 62.4 Å². The van der Waals surface area contributed by atoms with E-state index in [0.717, 1.165) is 16.8 Å². The zero-order chi connectivity index (χ0) is 27.4. The first-order valence-electron chi connectivity index (χ1n) is 10.6. The van der Waals surface area contributed by atoms with Gasteiger partial charge in [-0.05, 0) is 54.8 Å². The number of alkyl halides is 3. The number of aryl methyl sites for hydroxylation is 1. The van der Waals surface area contributed by atoms with Crippen molar-refractivity contribution in [2.45, 2.75) is 35.4 Å². The van der Waals surface area contributed by atoms with E-state index in [1.165, 1.54) is 12.1 Å². The Bertz CT molecular complexity index is 1180. The molecule has 196 valence electrons. The van der Waals surface area contributed by atoms with E-state index in [4.69, 9.17) is 45.3 Å². The number of halogens is 3. The van der Waals surface area contributed by atoms with Crippen molar-refractivity contribution in [2.75, 3.05) is 17.7 Å². The summed E-state index contributed by atoms with van der Waals surface area (Å²) in [6, 6.07) is 22.8. The van der Waals surface area contributed by atoms with Crippen molar-refractivity contribution < 1.29 is 22.5 Å². The van der Waals surface area contributed by atoms with Crippen LogP contribution in [0.15, 0.2) is 83.8 Å². The molecule has 0 aromatic heterocycles. The quantitative estimate of drug-likeness (QED) is 0.199. The smallest absolute Gasteiger partial charge is 0.411 e. The number of anilines is 2. The van der Waals surface area contributed by atoms with E-state index in [-0.39, 0.29) is 11.5 Å². The molecule has 0 spiro atoms. The summed E-state index contributed by atoms with van der Waals surface area (Å²) < 4.78 is 34.3. The second kappa shape index (κ2) is 14.9. The average Bonchev–Trinajstić information content (AvgIpc) is 2.78. The SMILES string of the molecule is CC(C)c1cccc(NC(=O)OCC(Cl)(Cl)Cl)c1.Cc1ccc(S(=O)(=O)[O-])cc1.Nc1ccccc1. The highest BCUT2D eigenvalue weighted by atomic mass is 35.6. The lowest BCUT2D eigenvalue weighted by Crippen LogP contribution is -2.21. The fraction of sp³-hybridized carbons (Fsp3) is 0.240. The van der Waals surface area contributed by atoms with Gasteiger partial charge in [-0.3, -0.25) is 5.32 Å². The Balaban J connectivity index is 0.000000303. The molecule has 0 atom stereocenters. The van der Waals surface area contributed by atoms with Crippen LogP contribution in [0.25, 0.3) is 0 Å². The predicted octanol–water partition coefficient (Wildman–Crippen LogP) is 6.90. The van der Waals surface area contributed by atoms with Gasteiger partial charge >= 0.3 is 6.09 Å². The maximum atomic E-state index is 11.4. The van der Waals surface area contributed by atoms with E-state index in [9.17, 15) is 17.8 Å². The van der Waals surface area contributed by atoms with Crippen LogP contribution < -0.4 is 11.1 Å². The summed E-state index contributed by atoms with van der Waals surface area (Å²) in [7, 11) is -4.27. The van der Waals surface area contributed by atoms with Gasteiger partial charge < -0.3 is 15.0 Å². The Morgan fingerprint density at radius 3 is 2.03 bits per heavy atom. The largest absolute Gasteiger partial charge is 0.744 e. The number of nitrogens with one attached hydrogen (secondary N) is 1. The third-order valence-electron chi connectivity index (χ3n) is 4.28. The molecule has 0 fully saturated rings. The third-order valence-corrected chi connectivity index (χ3v) is 5.45. The molecule has 0 aliphatic carbocycles. The minimum absolute atomic E-state index is 0.178. The number of amides is 1. The van der Waals surface area contributed by atoms with Gasteiger partial charge in [0.2, 0.25) is 3.79 Å². The number of carbonyl (C=O) groups excluding carboxylic acids is 1.